The van der Waals surface area contributed by atoms with Gasteiger partial charge in [0.2, 0.25) is 0 Å². The third kappa shape index (κ3) is 5.31. The molecule has 0 aliphatic heterocycles. The number of rotatable bonds is 5. The van der Waals surface area contributed by atoms with Crippen molar-refractivity contribution in [1.29, 1.82) is 0 Å². The van der Waals surface area contributed by atoms with Crippen molar-refractivity contribution in [2.45, 2.75) is 45.1 Å². The van der Waals surface area contributed by atoms with Crippen LogP contribution in [0.25, 0.3) is 10.8 Å². The van der Waals surface area contributed by atoms with E-state index in [9.17, 15) is 14.4 Å². The van der Waals surface area contributed by atoms with Crippen LogP contribution in [-0.4, -0.2) is 30.6 Å². The molecule has 2 aromatic carbocycles. The van der Waals surface area contributed by atoms with E-state index in [0.29, 0.717) is 5.92 Å². The summed E-state index contributed by atoms with van der Waals surface area (Å²) in [4.78, 5) is 36.0. The van der Waals surface area contributed by atoms with E-state index in [2.05, 4.69) is 17.6 Å². The van der Waals surface area contributed by atoms with E-state index < -0.39 is 24.5 Å². The van der Waals surface area contributed by atoms with Crippen molar-refractivity contribution in [2.24, 2.45) is 5.92 Å². The highest BCUT2D eigenvalue weighted by Gasteiger charge is 2.23. The summed E-state index contributed by atoms with van der Waals surface area (Å²) in [7, 11) is 0. The Kier molecular flexibility index (Phi) is 6.63. The van der Waals surface area contributed by atoms with Crippen LogP contribution in [0.2, 0.25) is 0 Å². The van der Waals surface area contributed by atoms with Crippen molar-refractivity contribution in [3.8, 4) is 0 Å². The Morgan fingerprint density at radius 3 is 2.61 bits per heavy atom. The summed E-state index contributed by atoms with van der Waals surface area (Å²) in [6, 6.07) is 13.0. The van der Waals surface area contributed by atoms with Crippen molar-refractivity contribution in [1.82, 2.24) is 10.6 Å². The molecule has 2 atom stereocenters. The van der Waals surface area contributed by atoms with Crippen LogP contribution < -0.4 is 10.6 Å². The summed E-state index contributed by atoms with van der Waals surface area (Å²) in [5.74, 6) is -0.742. The maximum absolute atomic E-state index is 12.1. The number of nitrogens with one attached hydrogen (secondary N) is 2. The lowest BCUT2D eigenvalue weighted by atomic mass is 9.86. The van der Waals surface area contributed by atoms with Crippen molar-refractivity contribution < 1.29 is 19.1 Å². The molecule has 28 heavy (non-hydrogen) atoms. The van der Waals surface area contributed by atoms with Gasteiger partial charge in [-0.1, -0.05) is 62.2 Å². The zero-order chi connectivity index (χ0) is 19.9. The van der Waals surface area contributed by atoms with E-state index in [1.807, 2.05) is 42.5 Å². The maximum Gasteiger partial charge on any atom is 0.321 e. The standard InChI is InChI=1S/C22H26N2O4/c1-15-7-2-5-12-19(15)23-22(27)24-20(25)14-28-21(26)13-17-10-6-9-16-8-3-4-11-18(16)17/h3-4,6,8-11,15,19H,2,5,7,12-14H2,1H3,(H2,23,24,25,27)/t15-,19+/m0/s1. The molecule has 148 valence electrons. The SMILES string of the molecule is C[C@H]1CCCC[C@H]1NC(=O)NC(=O)COC(=O)Cc1cccc2ccccc12. The predicted molar refractivity (Wildman–Crippen MR) is 107 cm³/mol. The quantitative estimate of drug-likeness (QED) is 0.777. The van der Waals surface area contributed by atoms with E-state index in [-0.39, 0.29) is 12.5 Å². The summed E-state index contributed by atoms with van der Waals surface area (Å²) >= 11 is 0. The summed E-state index contributed by atoms with van der Waals surface area (Å²) in [6.07, 6.45) is 4.31. The van der Waals surface area contributed by atoms with Crippen molar-refractivity contribution >= 4 is 28.7 Å². The number of amides is 3. The second kappa shape index (κ2) is 9.35. The summed E-state index contributed by atoms with van der Waals surface area (Å²) < 4.78 is 5.04. The molecule has 2 N–H and O–H groups in total. The fraction of sp³-hybridized carbons (Fsp3) is 0.409. The molecule has 0 radical (unpaired) electrons. The van der Waals surface area contributed by atoms with Gasteiger partial charge in [-0.25, -0.2) is 4.79 Å². The van der Waals surface area contributed by atoms with Crippen molar-refractivity contribution in [2.75, 3.05) is 6.61 Å². The monoisotopic (exact) mass is 382 g/mol. The number of urea groups is 1. The lowest BCUT2D eigenvalue weighted by molar-refractivity contribution is -0.147. The second-order valence-corrected chi connectivity index (χ2v) is 7.37. The molecule has 3 rings (SSSR count). The largest absolute Gasteiger partial charge is 0.455 e. The molecule has 0 aromatic heterocycles. The third-order valence-electron chi connectivity index (χ3n) is 5.26. The van der Waals surface area contributed by atoms with Crippen LogP contribution in [0.5, 0.6) is 0 Å². The Bertz CT molecular complexity index is 859. The normalized spacial score (nSPS) is 19.0. The first-order valence-electron chi connectivity index (χ1n) is 9.75. The zero-order valence-corrected chi connectivity index (χ0v) is 16.1. The van der Waals surface area contributed by atoms with Gasteiger partial charge in [0.15, 0.2) is 6.61 Å². The first kappa shape index (κ1) is 19.9. The first-order chi connectivity index (χ1) is 13.5. The number of hydrogen-bond donors (Lipinski definition) is 2. The molecule has 1 aliphatic rings. The molecular weight excluding hydrogens is 356 g/mol. The Hall–Kier alpha value is -2.89. The molecule has 0 unspecified atom stereocenters. The average Bonchev–Trinajstić information content (AvgIpc) is 2.68. The van der Waals surface area contributed by atoms with Crippen molar-refractivity contribution in [3.05, 3.63) is 48.0 Å². The van der Waals surface area contributed by atoms with Crippen LogP contribution >= 0.6 is 0 Å². The molecule has 0 heterocycles. The average molecular weight is 382 g/mol. The Balaban J connectivity index is 1.45. The lowest BCUT2D eigenvalue weighted by Gasteiger charge is -2.29. The predicted octanol–water partition coefficient (Wildman–Crippen LogP) is 3.33. The number of esters is 1. The van der Waals surface area contributed by atoms with Crippen LogP contribution in [0.1, 0.15) is 38.2 Å². The number of imide groups is 1. The van der Waals surface area contributed by atoms with Gasteiger partial charge in [-0.2, -0.15) is 0 Å². The minimum Gasteiger partial charge on any atom is -0.455 e. The van der Waals surface area contributed by atoms with Crippen LogP contribution in [0, 0.1) is 5.92 Å². The first-order valence-corrected chi connectivity index (χ1v) is 9.75. The van der Waals surface area contributed by atoms with Crippen LogP contribution in [0.4, 0.5) is 4.79 Å². The van der Waals surface area contributed by atoms with Gasteiger partial charge in [-0.05, 0) is 35.1 Å². The molecular formula is C22H26N2O4. The number of benzene rings is 2. The molecule has 0 spiro atoms. The molecule has 1 aliphatic carbocycles. The van der Waals surface area contributed by atoms with Gasteiger partial charge in [-0.15, -0.1) is 0 Å². The molecule has 0 saturated heterocycles. The highest BCUT2D eigenvalue weighted by Crippen LogP contribution is 2.23. The van der Waals surface area contributed by atoms with Gasteiger partial charge < -0.3 is 10.1 Å². The Labute approximate surface area is 164 Å². The molecule has 2 aromatic rings. The van der Waals surface area contributed by atoms with Gasteiger partial charge in [-0.3, -0.25) is 14.9 Å². The highest BCUT2D eigenvalue weighted by atomic mass is 16.5. The third-order valence-corrected chi connectivity index (χ3v) is 5.26. The van der Waals surface area contributed by atoms with E-state index in [1.54, 1.807) is 0 Å². The van der Waals surface area contributed by atoms with Crippen LogP contribution in [0.15, 0.2) is 42.5 Å². The van der Waals surface area contributed by atoms with Crippen LogP contribution in [0.3, 0.4) is 0 Å². The molecule has 6 heteroatoms. The number of ether oxygens (including phenoxy) is 1. The lowest BCUT2D eigenvalue weighted by Crippen LogP contribution is -2.48. The molecule has 6 nitrogen and oxygen atoms in total. The Morgan fingerprint density at radius 2 is 1.79 bits per heavy atom. The maximum atomic E-state index is 12.1. The molecule has 0 bridgehead atoms. The van der Waals surface area contributed by atoms with E-state index >= 15 is 0 Å². The number of hydrogen-bond acceptors (Lipinski definition) is 4. The Morgan fingerprint density at radius 1 is 1.04 bits per heavy atom. The van der Waals surface area contributed by atoms with Gasteiger partial charge >= 0.3 is 12.0 Å². The number of carbonyl (C=O) groups is 3. The van der Waals surface area contributed by atoms with Gasteiger partial charge in [0.1, 0.15) is 0 Å². The van der Waals surface area contributed by atoms with E-state index in [1.165, 1.54) is 6.42 Å². The topological polar surface area (TPSA) is 84.5 Å². The molecule has 1 saturated carbocycles. The zero-order valence-electron chi connectivity index (χ0n) is 16.1. The smallest absolute Gasteiger partial charge is 0.321 e. The molecule has 3 amide bonds. The summed E-state index contributed by atoms with van der Waals surface area (Å²) in [5, 5.41) is 7.09. The minimum atomic E-state index is -0.632. The van der Waals surface area contributed by atoms with E-state index in [4.69, 9.17) is 4.74 Å². The number of fused-ring (bicyclic) bond motifs is 1. The van der Waals surface area contributed by atoms with E-state index in [0.717, 1.165) is 35.6 Å². The fourth-order valence-electron chi connectivity index (χ4n) is 3.70. The second-order valence-electron chi connectivity index (χ2n) is 7.37. The summed E-state index contributed by atoms with van der Waals surface area (Å²) in [6.45, 7) is 1.62. The van der Waals surface area contributed by atoms with Gasteiger partial charge in [0.05, 0.1) is 6.42 Å². The minimum absolute atomic E-state index is 0.0699. The highest BCUT2D eigenvalue weighted by molar-refractivity contribution is 5.96. The van der Waals surface area contributed by atoms with Gasteiger partial charge in [0, 0.05) is 6.04 Å². The summed E-state index contributed by atoms with van der Waals surface area (Å²) in [5.41, 5.74) is 0.840. The van der Waals surface area contributed by atoms with Crippen LogP contribution in [-0.2, 0) is 20.7 Å². The van der Waals surface area contributed by atoms with Gasteiger partial charge in [0.25, 0.3) is 5.91 Å². The van der Waals surface area contributed by atoms with Crippen molar-refractivity contribution in [3.63, 3.8) is 0 Å². The fourth-order valence-corrected chi connectivity index (χ4v) is 3.70. The number of carbonyl (C=O) groups excluding carboxylic acids is 3. The molecule has 1 fully saturated rings.